The van der Waals surface area contributed by atoms with Gasteiger partial charge >= 0.3 is 0 Å². The lowest BCUT2D eigenvalue weighted by Gasteiger charge is -2.32. The Balaban J connectivity index is 1.78. The Kier molecular flexibility index (Phi) is 3.13. The molecular formula is C12H24N2. The molecule has 0 aromatic rings. The van der Waals surface area contributed by atoms with Gasteiger partial charge in [0.05, 0.1) is 0 Å². The minimum Gasteiger partial charge on any atom is -0.308 e. The summed E-state index contributed by atoms with van der Waals surface area (Å²) in [5, 5.41) is 0. The monoisotopic (exact) mass is 196 g/mol. The van der Waals surface area contributed by atoms with Crippen LogP contribution in [0, 0.1) is 11.8 Å². The topological polar surface area (TPSA) is 6.48 Å². The van der Waals surface area contributed by atoms with Gasteiger partial charge in [0.25, 0.3) is 0 Å². The second kappa shape index (κ2) is 4.19. The average Bonchev–Trinajstić information content (AvgIpc) is 2.74. The molecule has 2 aliphatic rings. The summed E-state index contributed by atoms with van der Waals surface area (Å²) in [6.07, 6.45) is 6.02. The minimum absolute atomic E-state index is 0.911. The normalized spacial score (nSPS) is 36.2. The molecule has 0 radical (unpaired) electrons. The maximum absolute atomic E-state index is 2.60. The first-order valence-electron chi connectivity index (χ1n) is 6.02. The van der Waals surface area contributed by atoms with Crippen molar-refractivity contribution in [1.29, 1.82) is 0 Å². The first-order valence-corrected chi connectivity index (χ1v) is 6.02. The zero-order valence-electron chi connectivity index (χ0n) is 9.87. The first-order chi connectivity index (χ1) is 6.66. The van der Waals surface area contributed by atoms with Crippen molar-refractivity contribution in [3.63, 3.8) is 0 Å². The van der Waals surface area contributed by atoms with Gasteiger partial charge < -0.3 is 9.80 Å². The third-order valence-corrected chi connectivity index (χ3v) is 4.17. The number of hydrogen-bond donors (Lipinski definition) is 0. The predicted octanol–water partition coefficient (Wildman–Crippen LogP) is 1.67. The molecule has 2 heteroatoms. The van der Waals surface area contributed by atoms with E-state index in [9.17, 15) is 0 Å². The van der Waals surface area contributed by atoms with Gasteiger partial charge in [-0.3, -0.25) is 0 Å². The Labute approximate surface area is 88.3 Å². The van der Waals surface area contributed by atoms with E-state index in [4.69, 9.17) is 0 Å². The molecular weight excluding hydrogens is 172 g/mol. The Morgan fingerprint density at radius 2 is 1.79 bits per heavy atom. The molecule has 0 saturated heterocycles. The molecule has 2 fully saturated rings. The maximum Gasteiger partial charge on any atom is 0.0124 e. The summed E-state index contributed by atoms with van der Waals surface area (Å²) >= 11 is 0. The molecule has 2 aliphatic carbocycles. The number of likely N-dealkylation sites (N-methyl/N-ethyl adjacent to an activating group) is 2. The molecule has 0 spiro atoms. The molecule has 2 saturated carbocycles. The Morgan fingerprint density at radius 3 is 2.29 bits per heavy atom. The van der Waals surface area contributed by atoms with Gasteiger partial charge in [-0.05, 0) is 52.2 Å². The summed E-state index contributed by atoms with van der Waals surface area (Å²) in [5.41, 5.74) is 0. The predicted molar refractivity (Wildman–Crippen MR) is 60.4 cm³/mol. The van der Waals surface area contributed by atoms with Crippen molar-refractivity contribution in [1.82, 2.24) is 9.80 Å². The van der Waals surface area contributed by atoms with Crippen molar-refractivity contribution >= 4 is 0 Å². The number of hydrogen-bond acceptors (Lipinski definition) is 2. The molecule has 2 bridgehead atoms. The van der Waals surface area contributed by atoms with E-state index in [0.717, 1.165) is 17.9 Å². The van der Waals surface area contributed by atoms with Crippen LogP contribution in [0.25, 0.3) is 0 Å². The fraction of sp³-hybridized carbons (Fsp3) is 1.00. The van der Waals surface area contributed by atoms with Crippen LogP contribution in [0.2, 0.25) is 0 Å². The van der Waals surface area contributed by atoms with Crippen LogP contribution in [-0.2, 0) is 0 Å². The summed E-state index contributed by atoms with van der Waals surface area (Å²) in [7, 11) is 6.64. The van der Waals surface area contributed by atoms with E-state index in [1.165, 1.54) is 38.8 Å². The number of nitrogens with zero attached hydrogens (tertiary/aromatic N) is 2. The smallest absolute Gasteiger partial charge is 0.0124 e. The molecule has 0 aliphatic heterocycles. The lowest BCUT2D eigenvalue weighted by molar-refractivity contribution is 0.163. The largest absolute Gasteiger partial charge is 0.308 e. The molecule has 0 unspecified atom stereocenters. The molecule has 0 aromatic carbocycles. The summed E-state index contributed by atoms with van der Waals surface area (Å²) in [6.45, 7) is 2.44. The third kappa shape index (κ3) is 2.12. The van der Waals surface area contributed by atoms with Crippen molar-refractivity contribution in [2.75, 3.05) is 34.2 Å². The highest BCUT2D eigenvalue weighted by atomic mass is 15.2. The first kappa shape index (κ1) is 10.4. The Morgan fingerprint density at radius 1 is 1.00 bits per heavy atom. The Bertz CT molecular complexity index is 191. The zero-order chi connectivity index (χ0) is 10.1. The van der Waals surface area contributed by atoms with Crippen LogP contribution < -0.4 is 0 Å². The molecule has 0 N–H and O–H groups in total. The molecule has 2 nitrogen and oxygen atoms in total. The molecule has 3 atom stereocenters. The lowest BCUT2D eigenvalue weighted by atomic mass is 9.94. The molecule has 2 rings (SSSR count). The highest BCUT2D eigenvalue weighted by Gasteiger charge is 2.40. The molecule has 0 amide bonds. The van der Waals surface area contributed by atoms with Gasteiger partial charge in [-0.25, -0.2) is 0 Å². The van der Waals surface area contributed by atoms with Crippen molar-refractivity contribution in [2.24, 2.45) is 11.8 Å². The van der Waals surface area contributed by atoms with Crippen LogP contribution in [0.1, 0.15) is 25.7 Å². The Hall–Kier alpha value is -0.0800. The average molecular weight is 196 g/mol. The highest BCUT2D eigenvalue weighted by Crippen LogP contribution is 2.46. The maximum atomic E-state index is 2.60. The van der Waals surface area contributed by atoms with E-state index >= 15 is 0 Å². The van der Waals surface area contributed by atoms with Crippen LogP contribution in [0.15, 0.2) is 0 Å². The van der Waals surface area contributed by atoms with Gasteiger partial charge in [0, 0.05) is 19.1 Å². The molecule has 14 heavy (non-hydrogen) atoms. The van der Waals surface area contributed by atoms with Gasteiger partial charge in [0.1, 0.15) is 0 Å². The zero-order valence-corrected chi connectivity index (χ0v) is 9.87. The van der Waals surface area contributed by atoms with Crippen LogP contribution in [-0.4, -0.2) is 50.1 Å². The quantitative estimate of drug-likeness (QED) is 0.675. The fourth-order valence-corrected chi connectivity index (χ4v) is 3.27. The SMILES string of the molecule is CN(C)CCN(C)[C@H]1C[C@@H]2CC[C@@H]1C2. The van der Waals surface area contributed by atoms with Crippen molar-refractivity contribution < 1.29 is 0 Å². The minimum atomic E-state index is 0.911. The van der Waals surface area contributed by atoms with E-state index in [1.807, 2.05) is 0 Å². The summed E-state index contributed by atoms with van der Waals surface area (Å²) in [4.78, 5) is 4.88. The van der Waals surface area contributed by atoms with Crippen LogP contribution in [0.5, 0.6) is 0 Å². The second-order valence-electron chi connectivity index (χ2n) is 5.53. The van der Waals surface area contributed by atoms with Gasteiger partial charge in [-0.1, -0.05) is 6.42 Å². The number of fused-ring (bicyclic) bond motifs is 2. The van der Waals surface area contributed by atoms with E-state index in [2.05, 4.69) is 30.9 Å². The van der Waals surface area contributed by atoms with E-state index in [1.54, 1.807) is 0 Å². The van der Waals surface area contributed by atoms with Crippen molar-refractivity contribution in [3.8, 4) is 0 Å². The van der Waals surface area contributed by atoms with Crippen LogP contribution in [0.4, 0.5) is 0 Å². The van der Waals surface area contributed by atoms with Gasteiger partial charge in [0.15, 0.2) is 0 Å². The van der Waals surface area contributed by atoms with Crippen LogP contribution in [0.3, 0.4) is 0 Å². The van der Waals surface area contributed by atoms with Crippen molar-refractivity contribution in [2.45, 2.75) is 31.7 Å². The standard InChI is InChI=1S/C12H24N2/c1-13(2)6-7-14(3)12-9-10-4-5-11(12)8-10/h10-12H,4-9H2,1-3H3/t10-,11-,12+/m1/s1. The summed E-state index contributed by atoms with van der Waals surface area (Å²) < 4.78 is 0. The highest BCUT2D eigenvalue weighted by molar-refractivity contribution is 4.94. The number of rotatable bonds is 4. The lowest BCUT2D eigenvalue weighted by Crippen LogP contribution is -2.39. The third-order valence-electron chi connectivity index (χ3n) is 4.17. The molecule has 82 valence electrons. The second-order valence-corrected chi connectivity index (χ2v) is 5.53. The summed E-state index contributed by atoms with van der Waals surface area (Å²) in [6, 6.07) is 0.911. The summed E-state index contributed by atoms with van der Waals surface area (Å²) in [5.74, 6) is 2.11. The fourth-order valence-electron chi connectivity index (χ4n) is 3.27. The van der Waals surface area contributed by atoms with Gasteiger partial charge in [0.2, 0.25) is 0 Å². The van der Waals surface area contributed by atoms with Gasteiger partial charge in [-0.2, -0.15) is 0 Å². The molecule has 0 heterocycles. The van der Waals surface area contributed by atoms with Gasteiger partial charge in [-0.15, -0.1) is 0 Å². The molecule has 0 aromatic heterocycles. The van der Waals surface area contributed by atoms with E-state index in [-0.39, 0.29) is 0 Å². The van der Waals surface area contributed by atoms with E-state index in [0.29, 0.717) is 0 Å². The van der Waals surface area contributed by atoms with Crippen molar-refractivity contribution in [3.05, 3.63) is 0 Å². The van der Waals surface area contributed by atoms with E-state index < -0.39 is 0 Å². The van der Waals surface area contributed by atoms with Crippen LogP contribution >= 0.6 is 0 Å².